The lowest BCUT2D eigenvalue weighted by Gasteiger charge is -2.28. The number of rotatable bonds is 8. The van der Waals surface area contributed by atoms with Crippen LogP contribution in [-0.2, 0) is 11.3 Å². The monoisotopic (exact) mass is 346 g/mol. The minimum Gasteiger partial charge on any atom is -0.497 e. The molecule has 0 spiro atoms. The average molecular weight is 346 g/mol. The number of ether oxygens (including phenoxy) is 2. The van der Waals surface area contributed by atoms with Crippen molar-refractivity contribution in [3.63, 3.8) is 0 Å². The zero-order valence-electron chi connectivity index (χ0n) is 15.2. The van der Waals surface area contributed by atoms with Gasteiger partial charge in [-0.3, -0.25) is 4.68 Å². The number of nitrogens with zero attached hydrogens (tertiary/aromatic N) is 3. The lowest BCUT2D eigenvalue weighted by molar-refractivity contribution is 0.183. The van der Waals surface area contributed by atoms with Crippen molar-refractivity contribution < 1.29 is 14.3 Å². The standard InChI is InChI=1S/C18H26N4O3/c1-5-22(14(2)15-7-6-8-17(11-15)25-4)18(23)20-16-12-19-21(13-16)9-10-24-3/h6-8,11-14H,5,9-10H2,1-4H3,(H,20,23)/t14-/m0/s1. The van der Waals surface area contributed by atoms with Crippen LogP contribution in [0.5, 0.6) is 5.75 Å². The second kappa shape index (κ2) is 9.08. The number of methoxy groups -OCH3 is 2. The zero-order valence-corrected chi connectivity index (χ0v) is 15.2. The van der Waals surface area contributed by atoms with Crippen LogP contribution in [0.4, 0.5) is 10.5 Å². The van der Waals surface area contributed by atoms with Crippen LogP contribution in [-0.4, -0.2) is 48.1 Å². The Morgan fingerprint density at radius 3 is 2.88 bits per heavy atom. The van der Waals surface area contributed by atoms with Gasteiger partial charge >= 0.3 is 6.03 Å². The molecule has 0 saturated carbocycles. The third kappa shape index (κ3) is 4.96. The highest BCUT2D eigenvalue weighted by Crippen LogP contribution is 2.24. The highest BCUT2D eigenvalue weighted by Gasteiger charge is 2.20. The summed E-state index contributed by atoms with van der Waals surface area (Å²) in [5.74, 6) is 0.778. The molecule has 0 aliphatic heterocycles. The summed E-state index contributed by atoms with van der Waals surface area (Å²) < 4.78 is 12.0. The Hall–Kier alpha value is -2.54. The van der Waals surface area contributed by atoms with Gasteiger partial charge in [0.2, 0.25) is 0 Å². The van der Waals surface area contributed by atoms with Gasteiger partial charge in [-0.1, -0.05) is 12.1 Å². The second-order valence-electron chi connectivity index (χ2n) is 5.65. The molecule has 2 amide bonds. The Labute approximate surface area is 148 Å². The van der Waals surface area contributed by atoms with E-state index >= 15 is 0 Å². The lowest BCUT2D eigenvalue weighted by atomic mass is 10.1. The van der Waals surface area contributed by atoms with Crippen molar-refractivity contribution in [1.29, 1.82) is 0 Å². The maximum Gasteiger partial charge on any atom is 0.322 e. The number of benzene rings is 1. The Morgan fingerprint density at radius 2 is 2.20 bits per heavy atom. The van der Waals surface area contributed by atoms with Crippen molar-refractivity contribution in [2.24, 2.45) is 0 Å². The Morgan fingerprint density at radius 1 is 1.40 bits per heavy atom. The molecule has 0 aliphatic rings. The average Bonchev–Trinajstić information content (AvgIpc) is 3.07. The number of nitrogens with one attached hydrogen (secondary N) is 1. The SMILES string of the molecule is CCN(C(=O)Nc1cnn(CCOC)c1)[C@@H](C)c1cccc(OC)c1. The van der Waals surface area contributed by atoms with Crippen molar-refractivity contribution in [2.75, 3.05) is 32.7 Å². The number of carbonyl (C=O) groups is 1. The molecule has 7 heteroatoms. The van der Waals surface area contributed by atoms with E-state index in [1.165, 1.54) is 0 Å². The van der Waals surface area contributed by atoms with E-state index in [-0.39, 0.29) is 12.1 Å². The molecule has 2 rings (SSSR count). The van der Waals surface area contributed by atoms with Crippen LogP contribution < -0.4 is 10.1 Å². The quantitative estimate of drug-likeness (QED) is 0.797. The first-order chi connectivity index (χ1) is 12.1. The fraction of sp³-hybridized carbons (Fsp3) is 0.444. The van der Waals surface area contributed by atoms with E-state index in [1.54, 1.807) is 36.2 Å². The summed E-state index contributed by atoms with van der Waals surface area (Å²) in [4.78, 5) is 14.4. The number of aromatic nitrogens is 2. The van der Waals surface area contributed by atoms with Crippen molar-refractivity contribution in [3.05, 3.63) is 42.2 Å². The number of hydrogen-bond donors (Lipinski definition) is 1. The molecule has 136 valence electrons. The van der Waals surface area contributed by atoms with Gasteiger partial charge in [0.1, 0.15) is 5.75 Å². The zero-order chi connectivity index (χ0) is 18.2. The van der Waals surface area contributed by atoms with Crippen LogP contribution in [0.15, 0.2) is 36.7 Å². The molecule has 0 unspecified atom stereocenters. The van der Waals surface area contributed by atoms with Gasteiger partial charge in [-0.05, 0) is 31.5 Å². The molecule has 0 radical (unpaired) electrons. The molecule has 1 atom stereocenters. The van der Waals surface area contributed by atoms with Crippen LogP contribution in [0.25, 0.3) is 0 Å². The Bertz CT molecular complexity index is 686. The molecule has 1 aromatic carbocycles. The molecule has 0 fully saturated rings. The summed E-state index contributed by atoms with van der Waals surface area (Å²) in [6.45, 7) is 5.76. The number of anilines is 1. The number of carbonyl (C=O) groups excluding carboxylic acids is 1. The van der Waals surface area contributed by atoms with Crippen LogP contribution in [0, 0.1) is 0 Å². The molecule has 0 bridgehead atoms. The summed E-state index contributed by atoms with van der Waals surface area (Å²) >= 11 is 0. The normalized spacial score (nSPS) is 11.8. The van der Waals surface area contributed by atoms with Crippen molar-refractivity contribution in [3.8, 4) is 5.75 Å². The molecule has 1 N–H and O–H groups in total. The van der Waals surface area contributed by atoms with Gasteiger partial charge in [-0.2, -0.15) is 5.10 Å². The topological polar surface area (TPSA) is 68.6 Å². The largest absolute Gasteiger partial charge is 0.497 e. The third-order valence-corrected chi connectivity index (χ3v) is 4.05. The van der Waals surface area contributed by atoms with Gasteiger partial charge < -0.3 is 19.7 Å². The van der Waals surface area contributed by atoms with Crippen LogP contribution in [0.2, 0.25) is 0 Å². The minimum atomic E-state index is -0.163. The van der Waals surface area contributed by atoms with E-state index in [4.69, 9.17) is 9.47 Å². The summed E-state index contributed by atoms with van der Waals surface area (Å²) in [6.07, 6.45) is 3.43. The van der Waals surface area contributed by atoms with Gasteiger partial charge in [0.25, 0.3) is 0 Å². The van der Waals surface area contributed by atoms with Crippen LogP contribution >= 0.6 is 0 Å². The molecule has 2 aromatic rings. The highest BCUT2D eigenvalue weighted by molar-refractivity contribution is 5.89. The first-order valence-corrected chi connectivity index (χ1v) is 8.32. The van der Waals surface area contributed by atoms with E-state index in [1.807, 2.05) is 38.1 Å². The number of amides is 2. The van der Waals surface area contributed by atoms with Crippen molar-refractivity contribution in [1.82, 2.24) is 14.7 Å². The molecular weight excluding hydrogens is 320 g/mol. The Balaban J connectivity index is 2.05. The van der Waals surface area contributed by atoms with E-state index < -0.39 is 0 Å². The lowest BCUT2D eigenvalue weighted by Crippen LogP contribution is -2.36. The smallest absolute Gasteiger partial charge is 0.322 e. The fourth-order valence-electron chi connectivity index (χ4n) is 2.61. The number of urea groups is 1. The van der Waals surface area contributed by atoms with Gasteiger partial charge in [0.15, 0.2) is 0 Å². The second-order valence-corrected chi connectivity index (χ2v) is 5.65. The number of hydrogen-bond acceptors (Lipinski definition) is 4. The van der Waals surface area contributed by atoms with E-state index in [0.717, 1.165) is 11.3 Å². The van der Waals surface area contributed by atoms with Crippen molar-refractivity contribution in [2.45, 2.75) is 26.4 Å². The summed E-state index contributed by atoms with van der Waals surface area (Å²) in [5, 5.41) is 7.11. The molecule has 1 heterocycles. The molecule has 25 heavy (non-hydrogen) atoms. The summed E-state index contributed by atoms with van der Waals surface area (Å²) in [7, 11) is 3.28. The van der Waals surface area contributed by atoms with Crippen LogP contribution in [0.3, 0.4) is 0 Å². The molecule has 7 nitrogen and oxygen atoms in total. The predicted molar refractivity (Wildman–Crippen MR) is 96.9 cm³/mol. The molecule has 0 saturated heterocycles. The van der Waals surface area contributed by atoms with E-state index in [0.29, 0.717) is 25.4 Å². The summed E-state index contributed by atoms with van der Waals surface area (Å²) in [5.41, 5.74) is 1.68. The van der Waals surface area contributed by atoms with Crippen LogP contribution in [0.1, 0.15) is 25.5 Å². The van der Waals surface area contributed by atoms with Gasteiger partial charge in [0.05, 0.1) is 38.2 Å². The fourth-order valence-corrected chi connectivity index (χ4v) is 2.61. The maximum absolute atomic E-state index is 12.7. The van der Waals surface area contributed by atoms with Gasteiger partial charge in [-0.25, -0.2) is 4.79 Å². The summed E-state index contributed by atoms with van der Waals surface area (Å²) in [6, 6.07) is 7.51. The molecular formula is C18H26N4O3. The highest BCUT2D eigenvalue weighted by atomic mass is 16.5. The van der Waals surface area contributed by atoms with Gasteiger partial charge in [0, 0.05) is 19.9 Å². The van der Waals surface area contributed by atoms with Gasteiger partial charge in [-0.15, -0.1) is 0 Å². The molecule has 0 aliphatic carbocycles. The van der Waals surface area contributed by atoms with E-state index in [2.05, 4.69) is 10.4 Å². The maximum atomic E-state index is 12.7. The first-order valence-electron chi connectivity index (χ1n) is 8.32. The first kappa shape index (κ1) is 18.8. The Kier molecular flexibility index (Phi) is 6.82. The minimum absolute atomic E-state index is 0.0800. The predicted octanol–water partition coefficient (Wildman–Crippen LogP) is 3.15. The third-order valence-electron chi connectivity index (χ3n) is 4.05. The van der Waals surface area contributed by atoms with Crippen molar-refractivity contribution >= 4 is 11.7 Å². The van der Waals surface area contributed by atoms with E-state index in [9.17, 15) is 4.79 Å². The molecule has 1 aromatic heterocycles.